The van der Waals surface area contributed by atoms with Crippen LogP contribution in [0.2, 0.25) is 0 Å². The minimum absolute atomic E-state index is 0.0985. The first-order valence-electron chi connectivity index (χ1n) is 9.80. The first kappa shape index (κ1) is 18.5. The van der Waals surface area contributed by atoms with Gasteiger partial charge in [-0.25, -0.2) is 4.31 Å². The molecular formula is C22H27N3OS. The molecule has 3 aromatic rings. The van der Waals surface area contributed by atoms with Crippen molar-refractivity contribution < 1.29 is 4.74 Å². The lowest BCUT2D eigenvalue weighted by Crippen LogP contribution is -2.29. The monoisotopic (exact) mass is 381 g/mol. The standard InChI is InChI=1S/C22H27N3OS/c1-2-14-27-24-12-13-26-22(18-8-4-3-5-9-18)20(16-24)17-25-21-11-7-6-10-19(21)15-23-25/h3-11,15,20,22H,2,12-14,16-17H2,1H3. The Kier molecular flexibility index (Phi) is 6.12. The third-order valence-corrected chi connectivity index (χ3v) is 6.36. The Bertz CT molecular complexity index is 851. The number of benzene rings is 2. The van der Waals surface area contributed by atoms with Crippen LogP contribution in [0.3, 0.4) is 0 Å². The number of rotatable bonds is 6. The van der Waals surface area contributed by atoms with Gasteiger partial charge in [0.1, 0.15) is 0 Å². The average Bonchev–Trinajstić information content (AvgIpc) is 3.00. The molecule has 1 fully saturated rings. The average molecular weight is 382 g/mol. The first-order valence-corrected chi connectivity index (χ1v) is 10.7. The van der Waals surface area contributed by atoms with Crippen LogP contribution in [0.1, 0.15) is 25.0 Å². The molecule has 0 spiro atoms. The van der Waals surface area contributed by atoms with Crippen LogP contribution in [-0.2, 0) is 11.3 Å². The highest BCUT2D eigenvalue weighted by Crippen LogP contribution is 2.33. The summed E-state index contributed by atoms with van der Waals surface area (Å²) in [6, 6.07) is 19.1. The minimum atomic E-state index is 0.0985. The Labute approximate surface area is 165 Å². The van der Waals surface area contributed by atoms with Gasteiger partial charge in [-0.15, -0.1) is 0 Å². The van der Waals surface area contributed by atoms with E-state index in [2.05, 4.69) is 75.6 Å². The summed E-state index contributed by atoms with van der Waals surface area (Å²) in [5.41, 5.74) is 2.46. The molecular weight excluding hydrogens is 354 g/mol. The lowest BCUT2D eigenvalue weighted by atomic mass is 9.95. The van der Waals surface area contributed by atoms with E-state index in [-0.39, 0.29) is 6.10 Å². The maximum atomic E-state index is 6.38. The predicted octanol–water partition coefficient (Wildman–Crippen LogP) is 4.78. The number of para-hydroxylation sites is 1. The van der Waals surface area contributed by atoms with E-state index in [1.165, 1.54) is 22.9 Å². The SMILES string of the molecule is CCCSN1CCOC(c2ccccc2)C(Cn2ncc3ccccc32)C1. The first-order chi connectivity index (χ1) is 13.3. The van der Waals surface area contributed by atoms with Gasteiger partial charge in [-0.05, 0) is 18.1 Å². The van der Waals surface area contributed by atoms with E-state index in [4.69, 9.17) is 4.74 Å². The Morgan fingerprint density at radius 3 is 2.78 bits per heavy atom. The molecule has 4 nitrogen and oxygen atoms in total. The number of hydrogen-bond donors (Lipinski definition) is 0. The quantitative estimate of drug-likeness (QED) is 0.575. The molecule has 0 amide bonds. The van der Waals surface area contributed by atoms with Crippen molar-refractivity contribution in [2.75, 3.05) is 25.4 Å². The summed E-state index contributed by atoms with van der Waals surface area (Å²) in [4.78, 5) is 0. The maximum Gasteiger partial charge on any atom is 0.0884 e. The Balaban J connectivity index is 1.62. The van der Waals surface area contributed by atoms with Gasteiger partial charge in [0.2, 0.25) is 0 Å². The fraction of sp³-hybridized carbons (Fsp3) is 0.409. The van der Waals surface area contributed by atoms with Crippen molar-refractivity contribution in [2.24, 2.45) is 5.92 Å². The molecule has 27 heavy (non-hydrogen) atoms. The summed E-state index contributed by atoms with van der Waals surface area (Å²) < 4.78 is 11.0. The third kappa shape index (κ3) is 4.37. The molecule has 1 aliphatic heterocycles. The minimum Gasteiger partial charge on any atom is -0.372 e. The molecule has 1 aliphatic rings. The van der Waals surface area contributed by atoms with Crippen LogP contribution in [0.15, 0.2) is 60.8 Å². The van der Waals surface area contributed by atoms with Crippen LogP contribution >= 0.6 is 11.9 Å². The fourth-order valence-electron chi connectivity index (χ4n) is 3.76. The van der Waals surface area contributed by atoms with Crippen LogP contribution in [0, 0.1) is 5.92 Å². The zero-order valence-electron chi connectivity index (χ0n) is 15.8. The molecule has 4 rings (SSSR count). The molecule has 5 heteroatoms. The van der Waals surface area contributed by atoms with Gasteiger partial charge in [-0.3, -0.25) is 4.68 Å². The van der Waals surface area contributed by atoms with Crippen LogP contribution in [0.4, 0.5) is 0 Å². The molecule has 2 aromatic carbocycles. The van der Waals surface area contributed by atoms with E-state index < -0.39 is 0 Å². The molecule has 0 N–H and O–H groups in total. The van der Waals surface area contributed by atoms with E-state index >= 15 is 0 Å². The predicted molar refractivity (Wildman–Crippen MR) is 113 cm³/mol. The van der Waals surface area contributed by atoms with Crippen molar-refractivity contribution in [3.8, 4) is 0 Å². The molecule has 0 bridgehead atoms. The molecule has 0 saturated carbocycles. The van der Waals surface area contributed by atoms with Crippen molar-refractivity contribution in [2.45, 2.75) is 26.0 Å². The Hall–Kier alpha value is -1.82. The molecule has 0 radical (unpaired) electrons. The molecule has 142 valence electrons. The zero-order valence-corrected chi connectivity index (χ0v) is 16.6. The lowest BCUT2D eigenvalue weighted by Gasteiger charge is -2.27. The summed E-state index contributed by atoms with van der Waals surface area (Å²) in [6.07, 6.45) is 3.26. The zero-order chi connectivity index (χ0) is 18.5. The number of fused-ring (bicyclic) bond motifs is 1. The summed E-state index contributed by atoms with van der Waals surface area (Å²) in [6.45, 7) is 5.85. The molecule has 2 unspecified atom stereocenters. The van der Waals surface area contributed by atoms with Gasteiger partial charge in [0.25, 0.3) is 0 Å². The number of hydrogen-bond acceptors (Lipinski definition) is 4. The lowest BCUT2D eigenvalue weighted by molar-refractivity contribution is 0.0247. The van der Waals surface area contributed by atoms with E-state index in [0.717, 1.165) is 32.0 Å². The second kappa shape index (κ2) is 8.91. The number of ether oxygens (including phenoxy) is 1. The maximum absolute atomic E-state index is 6.38. The molecule has 1 aromatic heterocycles. The van der Waals surface area contributed by atoms with Crippen molar-refractivity contribution in [1.82, 2.24) is 14.1 Å². The van der Waals surface area contributed by atoms with E-state index in [0.29, 0.717) is 5.92 Å². The fourth-order valence-corrected chi connectivity index (χ4v) is 4.70. The highest BCUT2D eigenvalue weighted by molar-refractivity contribution is 7.97. The van der Waals surface area contributed by atoms with E-state index in [1.54, 1.807) is 0 Å². The van der Waals surface area contributed by atoms with Crippen LogP contribution in [0.5, 0.6) is 0 Å². The molecule has 0 aliphatic carbocycles. The van der Waals surface area contributed by atoms with Crippen molar-refractivity contribution in [1.29, 1.82) is 0 Å². The number of aromatic nitrogens is 2. The number of nitrogens with zero attached hydrogens (tertiary/aromatic N) is 3. The van der Waals surface area contributed by atoms with Crippen molar-refractivity contribution >= 4 is 22.9 Å². The van der Waals surface area contributed by atoms with Crippen molar-refractivity contribution in [3.63, 3.8) is 0 Å². The normalized spacial score (nSPS) is 21.4. The van der Waals surface area contributed by atoms with E-state index in [9.17, 15) is 0 Å². The highest BCUT2D eigenvalue weighted by Gasteiger charge is 2.30. The van der Waals surface area contributed by atoms with E-state index in [1.807, 2.05) is 18.1 Å². The van der Waals surface area contributed by atoms with Gasteiger partial charge in [0, 0.05) is 36.7 Å². The van der Waals surface area contributed by atoms with Crippen LogP contribution < -0.4 is 0 Å². The van der Waals surface area contributed by atoms with Crippen molar-refractivity contribution in [3.05, 3.63) is 66.4 Å². The Morgan fingerprint density at radius 1 is 1.11 bits per heavy atom. The van der Waals surface area contributed by atoms with Gasteiger partial charge < -0.3 is 4.74 Å². The smallest absolute Gasteiger partial charge is 0.0884 e. The second-order valence-electron chi connectivity index (χ2n) is 7.07. The summed E-state index contributed by atoms with van der Waals surface area (Å²) in [7, 11) is 0. The van der Waals surface area contributed by atoms with Gasteiger partial charge >= 0.3 is 0 Å². The summed E-state index contributed by atoms with van der Waals surface area (Å²) >= 11 is 1.95. The largest absolute Gasteiger partial charge is 0.372 e. The van der Waals surface area contributed by atoms with Crippen LogP contribution in [0.25, 0.3) is 10.9 Å². The Morgan fingerprint density at radius 2 is 1.93 bits per heavy atom. The van der Waals surface area contributed by atoms with Gasteiger partial charge in [0.15, 0.2) is 0 Å². The highest BCUT2D eigenvalue weighted by atomic mass is 32.2. The molecule has 2 atom stereocenters. The third-order valence-electron chi connectivity index (χ3n) is 5.07. The van der Waals surface area contributed by atoms with Gasteiger partial charge in [-0.2, -0.15) is 5.10 Å². The summed E-state index contributed by atoms with van der Waals surface area (Å²) in [5, 5.41) is 5.87. The topological polar surface area (TPSA) is 30.3 Å². The summed E-state index contributed by atoms with van der Waals surface area (Å²) in [5.74, 6) is 1.51. The van der Waals surface area contributed by atoms with Gasteiger partial charge in [0.05, 0.1) is 24.4 Å². The second-order valence-corrected chi connectivity index (χ2v) is 8.25. The van der Waals surface area contributed by atoms with Crippen LogP contribution in [-0.4, -0.2) is 39.5 Å². The van der Waals surface area contributed by atoms with Gasteiger partial charge in [-0.1, -0.05) is 67.4 Å². The molecule has 2 heterocycles. The molecule has 1 saturated heterocycles.